The number of carbonyl (C=O) groups is 1. The maximum absolute atomic E-state index is 12.8. The highest BCUT2D eigenvalue weighted by atomic mass is 35.5. The number of amides is 1. The molecule has 1 heterocycles. The number of hydrogen-bond donors (Lipinski definition) is 0. The normalized spacial score (nSPS) is 11.8. The molecule has 0 unspecified atom stereocenters. The van der Waals surface area contributed by atoms with Gasteiger partial charge in [0, 0.05) is 22.8 Å². The number of alkyl halides is 3. The number of carbonyl (C=O) groups excluding carboxylic acids is 1. The summed E-state index contributed by atoms with van der Waals surface area (Å²) in [7, 11) is 0. The van der Waals surface area contributed by atoms with Crippen LogP contribution in [0.5, 0.6) is 0 Å². The van der Waals surface area contributed by atoms with Crippen molar-refractivity contribution in [1.82, 2.24) is 4.98 Å². The van der Waals surface area contributed by atoms with Crippen LogP contribution >= 0.6 is 11.6 Å². The molecular weight excluding hydrogens is 381 g/mol. The van der Waals surface area contributed by atoms with Crippen LogP contribution < -0.4 is 4.90 Å². The maximum Gasteiger partial charge on any atom is 0.471 e. The first kappa shape index (κ1) is 19.2. The molecule has 3 aromatic rings. The van der Waals surface area contributed by atoms with Crippen molar-refractivity contribution in [3.8, 4) is 11.5 Å². The summed E-state index contributed by atoms with van der Waals surface area (Å²) in [5.74, 6) is -1.62. The first-order valence-electron chi connectivity index (χ1n) is 8.18. The van der Waals surface area contributed by atoms with Crippen molar-refractivity contribution in [2.24, 2.45) is 0 Å². The molecule has 27 heavy (non-hydrogen) atoms. The molecule has 0 aliphatic rings. The summed E-state index contributed by atoms with van der Waals surface area (Å²) in [6.45, 7) is 4.91. The molecule has 0 radical (unpaired) electrons. The van der Waals surface area contributed by atoms with Gasteiger partial charge in [-0.1, -0.05) is 17.7 Å². The quantitative estimate of drug-likeness (QED) is 0.572. The first-order valence-corrected chi connectivity index (χ1v) is 8.56. The molecule has 0 atom stereocenters. The lowest BCUT2D eigenvalue weighted by atomic mass is 10.1. The van der Waals surface area contributed by atoms with E-state index in [-0.39, 0.29) is 12.2 Å². The number of benzene rings is 2. The van der Waals surface area contributed by atoms with Gasteiger partial charge in [-0.3, -0.25) is 4.79 Å². The predicted octanol–water partition coefficient (Wildman–Crippen LogP) is 5.68. The van der Waals surface area contributed by atoms with Crippen molar-refractivity contribution in [2.75, 3.05) is 11.4 Å². The van der Waals surface area contributed by atoms with E-state index >= 15 is 0 Å². The summed E-state index contributed by atoms with van der Waals surface area (Å²) in [5.41, 5.74) is 3.06. The fourth-order valence-electron chi connectivity index (χ4n) is 2.78. The molecule has 4 nitrogen and oxygen atoms in total. The van der Waals surface area contributed by atoms with E-state index in [9.17, 15) is 18.0 Å². The maximum atomic E-state index is 12.8. The highest BCUT2D eigenvalue weighted by Crippen LogP contribution is 2.33. The minimum absolute atomic E-state index is 0.117. The van der Waals surface area contributed by atoms with Crippen LogP contribution in [0.25, 0.3) is 22.6 Å². The highest BCUT2D eigenvalue weighted by Gasteiger charge is 2.42. The molecular formula is C19H16ClF3N2O2. The molecule has 0 aliphatic carbocycles. The van der Waals surface area contributed by atoms with Gasteiger partial charge >= 0.3 is 12.1 Å². The van der Waals surface area contributed by atoms with Crippen LogP contribution in [0.15, 0.2) is 34.7 Å². The van der Waals surface area contributed by atoms with Crippen molar-refractivity contribution in [2.45, 2.75) is 26.9 Å². The van der Waals surface area contributed by atoms with Crippen LogP contribution in [0.3, 0.4) is 0 Å². The summed E-state index contributed by atoms with van der Waals surface area (Å²) < 4.78 is 44.3. The van der Waals surface area contributed by atoms with Gasteiger partial charge in [0.15, 0.2) is 5.58 Å². The van der Waals surface area contributed by atoms with Crippen LogP contribution in [0.2, 0.25) is 5.02 Å². The third-order valence-corrected chi connectivity index (χ3v) is 4.60. The molecule has 1 aromatic heterocycles. The van der Waals surface area contributed by atoms with Gasteiger partial charge in [-0.2, -0.15) is 13.2 Å². The number of nitrogens with zero attached hydrogens (tertiary/aromatic N) is 2. The minimum atomic E-state index is -4.95. The van der Waals surface area contributed by atoms with Gasteiger partial charge in [0.2, 0.25) is 5.89 Å². The van der Waals surface area contributed by atoms with E-state index in [2.05, 4.69) is 4.98 Å². The number of fused-ring (bicyclic) bond motifs is 1. The predicted molar refractivity (Wildman–Crippen MR) is 98.0 cm³/mol. The van der Waals surface area contributed by atoms with Crippen LogP contribution in [0.4, 0.5) is 18.9 Å². The monoisotopic (exact) mass is 396 g/mol. The molecule has 0 saturated carbocycles. The summed E-state index contributed by atoms with van der Waals surface area (Å²) in [5, 5.41) is 0.556. The molecule has 0 N–H and O–H groups in total. The zero-order chi connectivity index (χ0) is 19.9. The molecule has 0 fully saturated rings. The van der Waals surface area contributed by atoms with Crippen molar-refractivity contribution in [1.29, 1.82) is 0 Å². The number of halogens is 4. The molecule has 0 spiro atoms. The van der Waals surface area contributed by atoms with Crippen LogP contribution in [0, 0.1) is 13.8 Å². The van der Waals surface area contributed by atoms with Crippen LogP contribution in [-0.4, -0.2) is 23.6 Å². The molecule has 1 amide bonds. The highest BCUT2D eigenvalue weighted by molar-refractivity contribution is 6.31. The third kappa shape index (κ3) is 3.64. The Hall–Kier alpha value is -2.54. The van der Waals surface area contributed by atoms with Crippen molar-refractivity contribution < 1.29 is 22.4 Å². The van der Waals surface area contributed by atoms with E-state index in [0.717, 1.165) is 5.56 Å². The number of aryl methyl sites for hydroxylation is 2. The lowest BCUT2D eigenvalue weighted by molar-refractivity contribution is -0.170. The Labute approximate surface area is 158 Å². The summed E-state index contributed by atoms with van der Waals surface area (Å²) in [4.78, 5) is 16.7. The summed E-state index contributed by atoms with van der Waals surface area (Å²) in [6.07, 6.45) is -4.95. The average molecular weight is 397 g/mol. The van der Waals surface area contributed by atoms with Crippen molar-refractivity contribution >= 4 is 34.3 Å². The standard InChI is InChI=1S/C19H16ClF3N2O2/c1-4-25(18(26)19(21,22)23)13-7-11(3)16-15(9-13)24-17(27-16)12-6-5-10(2)14(20)8-12/h5-9H,4H2,1-3H3. The van der Waals surface area contributed by atoms with Crippen molar-refractivity contribution in [3.63, 3.8) is 0 Å². The zero-order valence-electron chi connectivity index (χ0n) is 14.8. The Balaban J connectivity index is 2.09. The van der Waals surface area contributed by atoms with Gasteiger partial charge in [-0.15, -0.1) is 0 Å². The Morgan fingerprint density at radius 2 is 1.89 bits per heavy atom. The number of aromatic nitrogens is 1. The number of anilines is 1. The number of oxazole rings is 1. The van der Waals surface area contributed by atoms with E-state index < -0.39 is 12.1 Å². The second kappa shape index (κ2) is 6.88. The Bertz CT molecular complexity index is 1030. The minimum Gasteiger partial charge on any atom is -0.436 e. The first-order chi connectivity index (χ1) is 12.6. The molecule has 2 aromatic carbocycles. The lowest BCUT2D eigenvalue weighted by Crippen LogP contribution is -2.41. The Morgan fingerprint density at radius 3 is 2.48 bits per heavy atom. The number of hydrogen-bond acceptors (Lipinski definition) is 3. The second-order valence-corrected chi connectivity index (χ2v) is 6.55. The van der Waals surface area contributed by atoms with Gasteiger partial charge in [-0.25, -0.2) is 4.98 Å². The third-order valence-electron chi connectivity index (χ3n) is 4.19. The fourth-order valence-corrected chi connectivity index (χ4v) is 2.96. The van der Waals surface area contributed by atoms with E-state index in [0.29, 0.717) is 38.0 Å². The fraction of sp³-hybridized carbons (Fsp3) is 0.263. The molecule has 3 rings (SSSR count). The van der Waals surface area contributed by atoms with Crippen LogP contribution in [-0.2, 0) is 4.79 Å². The van der Waals surface area contributed by atoms with Gasteiger partial charge in [-0.05, 0) is 56.2 Å². The number of rotatable bonds is 3. The van der Waals surface area contributed by atoms with E-state index in [1.807, 2.05) is 13.0 Å². The van der Waals surface area contributed by atoms with Gasteiger partial charge in [0.1, 0.15) is 5.52 Å². The Kier molecular flexibility index (Phi) is 4.90. The zero-order valence-corrected chi connectivity index (χ0v) is 15.6. The largest absolute Gasteiger partial charge is 0.471 e. The van der Waals surface area contributed by atoms with E-state index in [4.69, 9.17) is 16.0 Å². The molecule has 0 saturated heterocycles. The molecule has 0 bridgehead atoms. The molecule has 0 aliphatic heterocycles. The SMILES string of the molecule is CCN(C(=O)C(F)(F)F)c1cc(C)c2oc(-c3ccc(C)c(Cl)c3)nc2c1. The second-order valence-electron chi connectivity index (χ2n) is 6.14. The lowest BCUT2D eigenvalue weighted by Gasteiger charge is -2.22. The van der Waals surface area contributed by atoms with Crippen molar-refractivity contribution in [3.05, 3.63) is 46.5 Å². The van der Waals surface area contributed by atoms with Gasteiger partial charge in [0.05, 0.1) is 0 Å². The topological polar surface area (TPSA) is 46.3 Å². The van der Waals surface area contributed by atoms with Gasteiger partial charge < -0.3 is 9.32 Å². The molecule has 8 heteroatoms. The Morgan fingerprint density at radius 1 is 1.19 bits per heavy atom. The smallest absolute Gasteiger partial charge is 0.436 e. The van der Waals surface area contributed by atoms with Crippen LogP contribution in [0.1, 0.15) is 18.1 Å². The summed E-state index contributed by atoms with van der Waals surface area (Å²) >= 11 is 6.14. The van der Waals surface area contributed by atoms with E-state index in [1.54, 1.807) is 19.1 Å². The molecule has 142 valence electrons. The van der Waals surface area contributed by atoms with E-state index in [1.165, 1.54) is 19.1 Å². The summed E-state index contributed by atoms with van der Waals surface area (Å²) in [6, 6.07) is 8.23. The van der Waals surface area contributed by atoms with Gasteiger partial charge in [0.25, 0.3) is 0 Å². The average Bonchev–Trinajstić information content (AvgIpc) is 3.02.